The van der Waals surface area contributed by atoms with Gasteiger partial charge in [-0.1, -0.05) is 12.1 Å². The van der Waals surface area contributed by atoms with E-state index in [9.17, 15) is 22.8 Å². The Labute approximate surface area is 167 Å². The number of rotatable bonds is 5. The molecule has 0 aromatic heterocycles. The first-order valence-corrected chi connectivity index (χ1v) is 9.40. The molecule has 0 unspecified atom stereocenters. The van der Waals surface area contributed by atoms with E-state index >= 15 is 0 Å². The average Bonchev–Trinajstić information content (AvgIpc) is 2.93. The van der Waals surface area contributed by atoms with Crippen molar-refractivity contribution in [3.05, 3.63) is 71.0 Å². The van der Waals surface area contributed by atoms with E-state index in [-0.39, 0.29) is 23.8 Å². The summed E-state index contributed by atoms with van der Waals surface area (Å²) in [6.07, 6.45) is 0.771. The summed E-state index contributed by atoms with van der Waals surface area (Å²) in [5, 5.41) is 2.39. The van der Waals surface area contributed by atoms with Crippen LogP contribution in [-0.2, 0) is 11.3 Å². The zero-order valence-electron chi connectivity index (χ0n) is 15.8. The lowest BCUT2D eigenvalue weighted by molar-refractivity contribution is -0.130. The molecule has 0 bridgehead atoms. The molecule has 0 saturated carbocycles. The summed E-state index contributed by atoms with van der Waals surface area (Å²) in [6, 6.07) is 9.00. The number of nitrogens with zero attached hydrogens (tertiary/aromatic N) is 2. The number of halogens is 3. The highest BCUT2D eigenvalue weighted by Crippen LogP contribution is 2.11. The van der Waals surface area contributed by atoms with Crippen molar-refractivity contribution in [1.29, 1.82) is 0 Å². The van der Waals surface area contributed by atoms with Crippen molar-refractivity contribution in [3.8, 4) is 0 Å². The van der Waals surface area contributed by atoms with Gasteiger partial charge in [0.05, 0.1) is 12.1 Å². The molecule has 1 fully saturated rings. The second kappa shape index (κ2) is 9.56. The number of hydrogen-bond donors (Lipinski definition) is 1. The van der Waals surface area contributed by atoms with Gasteiger partial charge in [0.15, 0.2) is 0 Å². The Morgan fingerprint density at radius 2 is 1.62 bits per heavy atom. The molecule has 0 aliphatic carbocycles. The Balaban J connectivity index is 1.48. The van der Waals surface area contributed by atoms with Gasteiger partial charge in [-0.05, 0) is 36.2 Å². The summed E-state index contributed by atoms with van der Waals surface area (Å²) in [4.78, 5) is 28.3. The van der Waals surface area contributed by atoms with Gasteiger partial charge in [0, 0.05) is 38.8 Å². The maximum atomic E-state index is 13.7. The van der Waals surface area contributed by atoms with Crippen molar-refractivity contribution in [1.82, 2.24) is 15.1 Å². The maximum absolute atomic E-state index is 13.7. The first-order chi connectivity index (χ1) is 13.9. The highest BCUT2D eigenvalue weighted by atomic mass is 19.1. The van der Waals surface area contributed by atoms with Crippen LogP contribution in [0.25, 0.3) is 0 Å². The lowest BCUT2D eigenvalue weighted by Gasteiger charge is -2.22. The monoisotopic (exact) mass is 405 g/mol. The van der Waals surface area contributed by atoms with Crippen LogP contribution in [0, 0.1) is 17.5 Å². The van der Waals surface area contributed by atoms with E-state index in [1.165, 1.54) is 12.1 Å². The first kappa shape index (κ1) is 20.9. The fourth-order valence-corrected chi connectivity index (χ4v) is 3.26. The topological polar surface area (TPSA) is 52.7 Å². The molecule has 1 saturated heterocycles. The number of carbonyl (C=O) groups is 2. The van der Waals surface area contributed by atoms with E-state index < -0.39 is 17.5 Å². The lowest BCUT2D eigenvalue weighted by atomic mass is 10.2. The third-order valence-corrected chi connectivity index (χ3v) is 4.84. The van der Waals surface area contributed by atoms with Crippen molar-refractivity contribution >= 4 is 11.8 Å². The van der Waals surface area contributed by atoms with Gasteiger partial charge < -0.3 is 10.2 Å². The lowest BCUT2D eigenvalue weighted by Crippen LogP contribution is -2.42. The van der Waals surface area contributed by atoms with E-state index in [1.54, 1.807) is 17.0 Å². The fraction of sp³-hybridized carbons (Fsp3) is 0.333. The molecular formula is C21H22F3N3O2. The highest BCUT2D eigenvalue weighted by Gasteiger charge is 2.20. The molecular weight excluding hydrogens is 383 g/mol. The Hall–Kier alpha value is -2.87. The van der Waals surface area contributed by atoms with Crippen LogP contribution in [-0.4, -0.2) is 54.3 Å². The van der Waals surface area contributed by atoms with E-state index in [0.29, 0.717) is 32.2 Å². The summed E-state index contributed by atoms with van der Waals surface area (Å²) >= 11 is 0. The van der Waals surface area contributed by atoms with Gasteiger partial charge in [-0.25, -0.2) is 13.2 Å². The standard InChI is InChI=1S/C21H22F3N3O2/c22-16-4-2-15(3-5-16)14-26-8-1-9-27(11-10-26)20(28)13-25-21(29)18-7-6-17(23)12-19(18)24/h2-7,12H,1,8-11,13-14H2,(H,25,29). The Bertz CT molecular complexity index is 874. The van der Waals surface area contributed by atoms with Gasteiger partial charge in [0.2, 0.25) is 5.91 Å². The molecule has 0 spiro atoms. The van der Waals surface area contributed by atoms with E-state index in [1.807, 2.05) is 0 Å². The van der Waals surface area contributed by atoms with Crippen LogP contribution in [0.4, 0.5) is 13.2 Å². The van der Waals surface area contributed by atoms with Gasteiger partial charge in [-0.2, -0.15) is 0 Å². The van der Waals surface area contributed by atoms with Crippen molar-refractivity contribution in [2.45, 2.75) is 13.0 Å². The summed E-state index contributed by atoms with van der Waals surface area (Å²) in [6.45, 7) is 2.93. The van der Waals surface area contributed by atoms with Crippen molar-refractivity contribution in [3.63, 3.8) is 0 Å². The second-order valence-electron chi connectivity index (χ2n) is 6.94. The molecule has 5 nitrogen and oxygen atoms in total. The number of nitrogens with one attached hydrogen (secondary N) is 1. The molecule has 2 aromatic carbocycles. The van der Waals surface area contributed by atoms with E-state index in [0.717, 1.165) is 30.7 Å². The van der Waals surface area contributed by atoms with Crippen LogP contribution in [0.3, 0.4) is 0 Å². The van der Waals surface area contributed by atoms with Crippen LogP contribution in [0.15, 0.2) is 42.5 Å². The number of carbonyl (C=O) groups excluding carboxylic acids is 2. The number of amides is 2. The second-order valence-corrected chi connectivity index (χ2v) is 6.94. The van der Waals surface area contributed by atoms with Crippen LogP contribution < -0.4 is 5.32 Å². The molecule has 3 rings (SSSR count). The zero-order chi connectivity index (χ0) is 20.8. The first-order valence-electron chi connectivity index (χ1n) is 9.40. The molecule has 1 N–H and O–H groups in total. The SMILES string of the molecule is O=C(NCC(=O)N1CCCN(Cc2ccc(F)cc2)CC1)c1ccc(F)cc1F. The normalized spacial score (nSPS) is 15.1. The Morgan fingerprint density at radius 1 is 0.897 bits per heavy atom. The zero-order valence-corrected chi connectivity index (χ0v) is 15.8. The van der Waals surface area contributed by atoms with Crippen LogP contribution in [0.1, 0.15) is 22.3 Å². The molecule has 0 radical (unpaired) electrons. The largest absolute Gasteiger partial charge is 0.343 e. The van der Waals surface area contributed by atoms with Gasteiger partial charge in [0.25, 0.3) is 5.91 Å². The van der Waals surface area contributed by atoms with Gasteiger partial charge >= 0.3 is 0 Å². The molecule has 1 aliphatic rings. The summed E-state index contributed by atoms with van der Waals surface area (Å²) < 4.78 is 39.6. The minimum Gasteiger partial charge on any atom is -0.343 e. The van der Waals surface area contributed by atoms with Gasteiger partial charge in [-0.15, -0.1) is 0 Å². The average molecular weight is 405 g/mol. The molecule has 8 heteroatoms. The molecule has 29 heavy (non-hydrogen) atoms. The predicted octanol–water partition coefficient (Wildman–Crippen LogP) is 2.57. The smallest absolute Gasteiger partial charge is 0.254 e. The third kappa shape index (κ3) is 5.80. The molecule has 2 amide bonds. The molecule has 1 aliphatic heterocycles. The fourth-order valence-electron chi connectivity index (χ4n) is 3.26. The van der Waals surface area contributed by atoms with Crippen LogP contribution in [0.2, 0.25) is 0 Å². The molecule has 2 aromatic rings. The van der Waals surface area contributed by atoms with E-state index in [4.69, 9.17) is 0 Å². The predicted molar refractivity (Wildman–Crippen MR) is 102 cm³/mol. The Morgan fingerprint density at radius 3 is 2.34 bits per heavy atom. The van der Waals surface area contributed by atoms with Crippen molar-refractivity contribution in [2.24, 2.45) is 0 Å². The third-order valence-electron chi connectivity index (χ3n) is 4.84. The minimum absolute atomic E-state index is 0.256. The minimum atomic E-state index is -0.971. The molecule has 1 heterocycles. The quantitative estimate of drug-likeness (QED) is 0.832. The number of benzene rings is 2. The van der Waals surface area contributed by atoms with Gasteiger partial charge in [0.1, 0.15) is 17.5 Å². The summed E-state index contributed by atoms with van der Waals surface area (Å²) in [5.41, 5.74) is 0.695. The van der Waals surface area contributed by atoms with Crippen LogP contribution >= 0.6 is 0 Å². The summed E-state index contributed by atoms with van der Waals surface area (Å²) in [5.74, 6) is -3.04. The maximum Gasteiger partial charge on any atom is 0.254 e. The molecule has 0 atom stereocenters. The highest BCUT2D eigenvalue weighted by molar-refractivity contribution is 5.96. The van der Waals surface area contributed by atoms with E-state index in [2.05, 4.69) is 10.2 Å². The summed E-state index contributed by atoms with van der Waals surface area (Å²) in [7, 11) is 0. The Kier molecular flexibility index (Phi) is 6.87. The van der Waals surface area contributed by atoms with Crippen molar-refractivity contribution < 1.29 is 22.8 Å². The van der Waals surface area contributed by atoms with Gasteiger partial charge in [-0.3, -0.25) is 14.5 Å². The van der Waals surface area contributed by atoms with Crippen molar-refractivity contribution in [2.75, 3.05) is 32.7 Å². The van der Waals surface area contributed by atoms with Crippen LogP contribution in [0.5, 0.6) is 0 Å². The molecule has 154 valence electrons. The number of hydrogen-bond acceptors (Lipinski definition) is 3.